The van der Waals surface area contributed by atoms with Crippen LogP contribution >= 0.6 is 0 Å². The molecule has 0 spiro atoms. The molecule has 1 atom stereocenters. The number of benzene rings is 1. The molecule has 1 aromatic carbocycles. The molecule has 4 heteroatoms. The fraction of sp³-hybridized carbons (Fsp3) is 0.533. The van der Waals surface area contributed by atoms with Crippen LogP contribution in [0.1, 0.15) is 26.3 Å². The zero-order chi connectivity index (χ0) is 13.9. The second-order valence-electron chi connectivity index (χ2n) is 5.81. The van der Waals surface area contributed by atoms with Crippen LogP contribution in [-0.2, 0) is 9.57 Å². The molecule has 1 unspecified atom stereocenters. The molecule has 0 bridgehead atoms. The quantitative estimate of drug-likeness (QED) is 0.466. The average molecular weight is 263 g/mol. The van der Waals surface area contributed by atoms with E-state index in [1.165, 1.54) is 7.11 Å². The van der Waals surface area contributed by atoms with Crippen LogP contribution in [0.4, 0.5) is 0 Å². The van der Waals surface area contributed by atoms with E-state index in [0.29, 0.717) is 6.61 Å². The average Bonchev–Trinajstić information content (AvgIpc) is 3.16. The van der Waals surface area contributed by atoms with Crippen molar-refractivity contribution in [3.63, 3.8) is 0 Å². The second-order valence-corrected chi connectivity index (χ2v) is 5.81. The summed E-state index contributed by atoms with van der Waals surface area (Å²) >= 11 is 0. The molecule has 1 saturated heterocycles. The first kappa shape index (κ1) is 13.9. The highest BCUT2D eigenvalue weighted by molar-refractivity contribution is 5.79. The highest BCUT2D eigenvalue weighted by Gasteiger charge is 2.55. The fourth-order valence-corrected chi connectivity index (χ4v) is 1.78. The van der Waals surface area contributed by atoms with E-state index in [1.54, 1.807) is 6.21 Å². The molecule has 0 N–H and O–H groups in total. The third-order valence-corrected chi connectivity index (χ3v) is 3.52. The summed E-state index contributed by atoms with van der Waals surface area (Å²) in [5, 5.41) is 3.71. The Balaban J connectivity index is 1.92. The summed E-state index contributed by atoms with van der Waals surface area (Å²) < 4.78 is 11.4. The summed E-state index contributed by atoms with van der Waals surface area (Å²) in [6.07, 6.45) is 1.66. The van der Waals surface area contributed by atoms with Gasteiger partial charge in [0.2, 0.25) is 0 Å². The third kappa shape index (κ3) is 3.26. The Labute approximate surface area is 114 Å². The van der Waals surface area contributed by atoms with E-state index in [-0.39, 0.29) is 11.0 Å². The number of rotatable bonds is 5. The molecule has 104 valence electrons. The topological polar surface area (TPSA) is 43.4 Å². The van der Waals surface area contributed by atoms with E-state index in [4.69, 9.17) is 9.47 Å². The lowest BCUT2D eigenvalue weighted by molar-refractivity contribution is 0.0935. The van der Waals surface area contributed by atoms with Crippen molar-refractivity contribution in [3.8, 4) is 5.75 Å². The maximum Gasteiger partial charge on any atom is 0.130 e. The summed E-state index contributed by atoms with van der Waals surface area (Å²) in [5.74, 6) is 0.841. The van der Waals surface area contributed by atoms with Gasteiger partial charge in [0.05, 0.1) is 12.8 Å². The monoisotopic (exact) mass is 263 g/mol. The van der Waals surface area contributed by atoms with Gasteiger partial charge in [0, 0.05) is 0 Å². The zero-order valence-electron chi connectivity index (χ0n) is 12.0. The highest BCUT2D eigenvalue weighted by Crippen LogP contribution is 2.44. The Bertz CT molecular complexity index is 441. The van der Waals surface area contributed by atoms with Gasteiger partial charge in [-0.3, -0.25) is 0 Å². The summed E-state index contributed by atoms with van der Waals surface area (Å²) in [5.41, 5.74) is 0.934. The number of oxime groups is 1. The number of hydrogen-bond acceptors (Lipinski definition) is 4. The van der Waals surface area contributed by atoms with E-state index in [1.807, 2.05) is 24.3 Å². The van der Waals surface area contributed by atoms with Gasteiger partial charge in [0.1, 0.15) is 25.1 Å². The number of ether oxygens (including phenoxy) is 2. The van der Waals surface area contributed by atoms with Crippen LogP contribution in [0.15, 0.2) is 29.4 Å². The van der Waals surface area contributed by atoms with Crippen LogP contribution in [-0.4, -0.2) is 32.1 Å². The van der Waals surface area contributed by atoms with Gasteiger partial charge in [-0.1, -0.05) is 25.9 Å². The van der Waals surface area contributed by atoms with Crippen molar-refractivity contribution in [2.45, 2.75) is 26.4 Å². The molecule has 4 nitrogen and oxygen atoms in total. The molecule has 0 aromatic heterocycles. The van der Waals surface area contributed by atoms with Crippen LogP contribution in [0.25, 0.3) is 0 Å². The Hall–Kier alpha value is -1.55. The Morgan fingerprint density at radius 2 is 1.95 bits per heavy atom. The minimum atomic E-state index is -0.136. The van der Waals surface area contributed by atoms with Crippen molar-refractivity contribution in [1.29, 1.82) is 0 Å². The summed E-state index contributed by atoms with van der Waals surface area (Å²) in [6, 6.07) is 7.73. The molecular formula is C15H21NO3. The normalized spacial score (nSPS) is 22.5. The largest absolute Gasteiger partial charge is 0.490 e. The van der Waals surface area contributed by atoms with Crippen LogP contribution in [0.2, 0.25) is 0 Å². The fourth-order valence-electron chi connectivity index (χ4n) is 1.78. The molecular weight excluding hydrogens is 242 g/mol. The SMILES string of the molecule is CON=Cc1ccc(OCC2(C(C)(C)C)CO2)cc1. The van der Waals surface area contributed by atoms with Gasteiger partial charge >= 0.3 is 0 Å². The number of nitrogens with zero attached hydrogens (tertiary/aromatic N) is 1. The van der Waals surface area contributed by atoms with E-state index in [9.17, 15) is 0 Å². The van der Waals surface area contributed by atoms with Gasteiger partial charge in [-0.2, -0.15) is 0 Å². The third-order valence-electron chi connectivity index (χ3n) is 3.52. The molecule has 1 aliphatic heterocycles. The standard InChI is InChI=1S/C15H21NO3/c1-14(2,3)15(11-19-15)10-18-13-7-5-12(6-8-13)9-16-17-4/h5-9H,10-11H2,1-4H3. The molecule has 0 amide bonds. The van der Waals surface area contributed by atoms with Gasteiger partial charge in [-0.15, -0.1) is 0 Å². The first-order valence-electron chi connectivity index (χ1n) is 6.40. The summed E-state index contributed by atoms with van der Waals surface area (Å²) in [7, 11) is 1.52. The Kier molecular flexibility index (Phi) is 3.80. The molecule has 2 rings (SSSR count). The first-order chi connectivity index (χ1) is 8.97. The number of epoxide rings is 1. The van der Waals surface area contributed by atoms with Crippen molar-refractivity contribution < 1.29 is 14.3 Å². The highest BCUT2D eigenvalue weighted by atomic mass is 16.6. The molecule has 1 aliphatic rings. The molecule has 0 saturated carbocycles. The maximum absolute atomic E-state index is 5.82. The van der Waals surface area contributed by atoms with Gasteiger partial charge in [0.15, 0.2) is 0 Å². The Morgan fingerprint density at radius 1 is 1.32 bits per heavy atom. The predicted octanol–water partition coefficient (Wildman–Crippen LogP) is 2.86. The van der Waals surface area contributed by atoms with Gasteiger partial charge in [-0.25, -0.2) is 0 Å². The van der Waals surface area contributed by atoms with E-state index in [2.05, 4.69) is 30.8 Å². The van der Waals surface area contributed by atoms with Gasteiger partial charge in [-0.05, 0) is 35.2 Å². The van der Waals surface area contributed by atoms with Crippen molar-refractivity contribution in [2.24, 2.45) is 10.6 Å². The summed E-state index contributed by atoms with van der Waals surface area (Å²) in [4.78, 5) is 4.64. The molecule has 0 aliphatic carbocycles. The van der Waals surface area contributed by atoms with Crippen molar-refractivity contribution in [1.82, 2.24) is 0 Å². The minimum absolute atomic E-state index is 0.0953. The smallest absolute Gasteiger partial charge is 0.130 e. The molecule has 1 fully saturated rings. The number of hydrogen-bond donors (Lipinski definition) is 0. The molecule has 19 heavy (non-hydrogen) atoms. The minimum Gasteiger partial charge on any atom is -0.490 e. The second kappa shape index (κ2) is 5.21. The van der Waals surface area contributed by atoms with Crippen molar-refractivity contribution >= 4 is 6.21 Å². The lowest BCUT2D eigenvalue weighted by Gasteiger charge is -2.27. The van der Waals surface area contributed by atoms with Crippen molar-refractivity contribution in [3.05, 3.63) is 29.8 Å². The first-order valence-corrected chi connectivity index (χ1v) is 6.40. The van der Waals surface area contributed by atoms with Gasteiger partial charge < -0.3 is 14.3 Å². The van der Waals surface area contributed by atoms with E-state index in [0.717, 1.165) is 17.9 Å². The molecule has 1 heterocycles. The molecule has 1 aromatic rings. The lowest BCUT2D eigenvalue weighted by atomic mass is 9.81. The summed E-state index contributed by atoms with van der Waals surface area (Å²) in [6.45, 7) is 7.88. The van der Waals surface area contributed by atoms with E-state index >= 15 is 0 Å². The van der Waals surface area contributed by atoms with Gasteiger partial charge in [0.25, 0.3) is 0 Å². The van der Waals surface area contributed by atoms with Crippen molar-refractivity contribution in [2.75, 3.05) is 20.3 Å². The van der Waals surface area contributed by atoms with Crippen LogP contribution in [0, 0.1) is 5.41 Å². The zero-order valence-corrected chi connectivity index (χ0v) is 12.0. The Morgan fingerprint density at radius 3 is 2.42 bits per heavy atom. The van der Waals surface area contributed by atoms with Crippen LogP contribution in [0.5, 0.6) is 5.75 Å². The van der Waals surface area contributed by atoms with E-state index < -0.39 is 0 Å². The van der Waals surface area contributed by atoms with Crippen LogP contribution in [0.3, 0.4) is 0 Å². The predicted molar refractivity (Wildman–Crippen MR) is 74.7 cm³/mol. The molecule has 0 radical (unpaired) electrons. The lowest BCUT2D eigenvalue weighted by Crippen LogP contribution is -2.36. The van der Waals surface area contributed by atoms with Crippen LogP contribution < -0.4 is 4.74 Å². The maximum atomic E-state index is 5.82.